The third kappa shape index (κ3) is 6.12. The Kier molecular flexibility index (Phi) is 7.88. The van der Waals surface area contributed by atoms with Gasteiger partial charge in [0, 0.05) is 45.3 Å². The Balaban J connectivity index is 1.40. The van der Waals surface area contributed by atoms with Crippen LogP contribution in [-0.4, -0.2) is 5.78 Å². The van der Waals surface area contributed by atoms with Crippen molar-refractivity contribution in [1.82, 2.24) is 0 Å². The average molecular weight is 559 g/mol. The Morgan fingerprint density at radius 3 is 1.09 bits per heavy atom. The number of hydrogen-bond donors (Lipinski definition) is 0. The highest BCUT2D eigenvalue weighted by Gasteiger charge is 2.18. The van der Waals surface area contributed by atoms with E-state index in [1.165, 1.54) is 16.7 Å². The van der Waals surface area contributed by atoms with E-state index in [-0.39, 0.29) is 5.78 Å². The van der Waals surface area contributed by atoms with E-state index >= 15 is 0 Å². The van der Waals surface area contributed by atoms with E-state index in [0.29, 0.717) is 11.1 Å². The molecule has 0 fully saturated rings. The van der Waals surface area contributed by atoms with Gasteiger partial charge in [-0.15, -0.1) is 0 Å². The number of benzene rings is 6. The molecule has 0 saturated carbocycles. The molecule has 0 N–H and O–H groups in total. The lowest BCUT2D eigenvalue weighted by atomic mass is 10.0. The van der Waals surface area contributed by atoms with Crippen LogP contribution in [0.2, 0.25) is 0 Å². The smallest absolute Gasteiger partial charge is 0.193 e. The third-order valence-corrected chi connectivity index (χ3v) is 7.53. The second-order valence-corrected chi connectivity index (χ2v) is 11.0. The van der Waals surface area contributed by atoms with Gasteiger partial charge in [0.15, 0.2) is 5.78 Å². The molecule has 0 radical (unpaired) electrons. The summed E-state index contributed by atoms with van der Waals surface area (Å²) in [6.45, 7) is 6.29. The zero-order chi connectivity index (χ0) is 29.8. The number of para-hydroxylation sites is 1. The molecule has 0 unspecified atom stereocenters. The average Bonchev–Trinajstić information content (AvgIpc) is 3.02. The van der Waals surface area contributed by atoms with Gasteiger partial charge >= 0.3 is 0 Å². The molecule has 6 aromatic rings. The van der Waals surface area contributed by atoms with Crippen molar-refractivity contribution in [3.63, 3.8) is 0 Å². The highest BCUT2D eigenvalue weighted by atomic mass is 16.1. The van der Waals surface area contributed by atoms with Gasteiger partial charge in [0.2, 0.25) is 0 Å². The minimum atomic E-state index is -0.0191. The summed E-state index contributed by atoms with van der Waals surface area (Å²) in [5, 5.41) is 0. The van der Waals surface area contributed by atoms with Crippen LogP contribution >= 0.6 is 0 Å². The van der Waals surface area contributed by atoms with E-state index in [1.807, 2.05) is 54.6 Å². The molecule has 6 rings (SSSR count). The summed E-state index contributed by atoms with van der Waals surface area (Å²) in [5.74, 6) is -0.0191. The van der Waals surface area contributed by atoms with Crippen LogP contribution in [-0.2, 0) is 0 Å². The van der Waals surface area contributed by atoms with Gasteiger partial charge in [-0.05, 0) is 110 Å². The van der Waals surface area contributed by atoms with Gasteiger partial charge in [0.1, 0.15) is 0 Å². The molecule has 43 heavy (non-hydrogen) atoms. The fraction of sp³-hybridized carbons (Fsp3) is 0.0750. The number of carbonyl (C=O) groups is 1. The Morgan fingerprint density at radius 1 is 0.372 bits per heavy atom. The summed E-state index contributed by atoms with van der Waals surface area (Å²) in [4.78, 5) is 18.5. The van der Waals surface area contributed by atoms with Crippen LogP contribution < -0.4 is 9.80 Å². The monoisotopic (exact) mass is 558 g/mol. The van der Waals surface area contributed by atoms with Crippen molar-refractivity contribution < 1.29 is 4.79 Å². The first kappa shape index (κ1) is 27.7. The number of nitrogens with zero attached hydrogens (tertiary/aromatic N) is 2. The first-order valence-electron chi connectivity index (χ1n) is 14.6. The molecule has 0 spiro atoms. The van der Waals surface area contributed by atoms with Gasteiger partial charge < -0.3 is 9.80 Å². The molecule has 0 aliphatic carbocycles. The highest BCUT2D eigenvalue weighted by Crippen LogP contribution is 2.37. The maximum absolute atomic E-state index is 14.1. The molecule has 0 heterocycles. The van der Waals surface area contributed by atoms with Gasteiger partial charge in [-0.25, -0.2) is 0 Å². The Morgan fingerprint density at radius 2 is 0.698 bits per heavy atom. The zero-order valence-electron chi connectivity index (χ0n) is 24.7. The van der Waals surface area contributed by atoms with Crippen LogP contribution in [0.5, 0.6) is 0 Å². The summed E-state index contributed by atoms with van der Waals surface area (Å²) < 4.78 is 0. The van der Waals surface area contributed by atoms with Gasteiger partial charge in [-0.1, -0.05) is 78.9 Å². The molecule has 0 aromatic heterocycles. The SMILES string of the molecule is Cc1cccc(N(c2ccccc2)c2cccc(C(=O)c3cccc(N(c4cccc(C)c4)c4cccc(C)c4)c3)c2)c1. The van der Waals surface area contributed by atoms with Gasteiger partial charge in [-0.2, -0.15) is 0 Å². The number of hydrogen-bond acceptors (Lipinski definition) is 3. The maximum Gasteiger partial charge on any atom is 0.193 e. The lowest BCUT2D eigenvalue weighted by molar-refractivity contribution is 0.103. The number of carbonyl (C=O) groups excluding carboxylic acids is 1. The molecule has 0 aliphatic rings. The zero-order valence-corrected chi connectivity index (χ0v) is 24.7. The number of ketones is 1. The maximum atomic E-state index is 14.1. The molecule has 6 aromatic carbocycles. The molecule has 0 atom stereocenters. The molecule has 3 nitrogen and oxygen atoms in total. The minimum absolute atomic E-state index is 0.0191. The fourth-order valence-corrected chi connectivity index (χ4v) is 5.51. The summed E-state index contributed by atoms with van der Waals surface area (Å²) in [6.07, 6.45) is 0. The van der Waals surface area contributed by atoms with E-state index in [4.69, 9.17) is 0 Å². The van der Waals surface area contributed by atoms with Crippen molar-refractivity contribution in [3.05, 3.63) is 179 Å². The third-order valence-electron chi connectivity index (χ3n) is 7.53. The summed E-state index contributed by atoms with van der Waals surface area (Å²) >= 11 is 0. The molecule has 210 valence electrons. The number of aryl methyl sites for hydroxylation is 3. The van der Waals surface area contributed by atoms with Crippen molar-refractivity contribution in [2.45, 2.75) is 20.8 Å². The van der Waals surface area contributed by atoms with Crippen LogP contribution in [0.4, 0.5) is 34.1 Å². The number of rotatable bonds is 8. The van der Waals surface area contributed by atoms with Crippen molar-refractivity contribution in [2.75, 3.05) is 9.80 Å². The van der Waals surface area contributed by atoms with Crippen LogP contribution in [0.15, 0.2) is 152 Å². The normalized spacial score (nSPS) is 10.8. The standard InChI is InChI=1S/C40H34N2O/c1-29-12-7-19-35(24-29)41(34-17-5-4-6-18-34)38-22-10-15-32(27-38)40(43)33-16-11-23-39(28-33)42(36-20-8-13-30(2)25-36)37-21-9-14-31(3)26-37/h4-28H,1-3H3. The minimum Gasteiger partial charge on any atom is -0.310 e. The van der Waals surface area contributed by atoms with Crippen molar-refractivity contribution in [1.29, 1.82) is 0 Å². The summed E-state index contributed by atoms with van der Waals surface area (Å²) in [7, 11) is 0. The molecule has 0 amide bonds. The Labute approximate surface area is 254 Å². The molecule has 0 aliphatic heterocycles. The first-order chi connectivity index (χ1) is 21.0. The quantitative estimate of drug-likeness (QED) is 0.174. The summed E-state index contributed by atoms with van der Waals surface area (Å²) in [5.41, 5.74) is 10.9. The van der Waals surface area contributed by atoms with Crippen LogP contribution in [0.25, 0.3) is 0 Å². The van der Waals surface area contributed by atoms with E-state index < -0.39 is 0 Å². The first-order valence-corrected chi connectivity index (χ1v) is 14.6. The van der Waals surface area contributed by atoms with Crippen molar-refractivity contribution in [3.8, 4) is 0 Å². The Hall–Kier alpha value is -5.41. The fourth-order valence-electron chi connectivity index (χ4n) is 5.51. The van der Waals surface area contributed by atoms with Gasteiger partial charge in [-0.3, -0.25) is 4.79 Å². The lowest BCUT2D eigenvalue weighted by Crippen LogP contribution is -2.12. The Bertz CT molecular complexity index is 1850. The lowest BCUT2D eigenvalue weighted by Gasteiger charge is -2.27. The predicted molar refractivity (Wildman–Crippen MR) is 180 cm³/mol. The molecule has 0 bridgehead atoms. The number of anilines is 6. The second-order valence-electron chi connectivity index (χ2n) is 11.0. The van der Waals surface area contributed by atoms with Crippen LogP contribution in [0.3, 0.4) is 0 Å². The van der Waals surface area contributed by atoms with E-state index in [2.05, 4.69) is 128 Å². The molecular formula is C40H34N2O. The second kappa shape index (κ2) is 12.2. The van der Waals surface area contributed by atoms with Gasteiger partial charge in [0.05, 0.1) is 0 Å². The van der Waals surface area contributed by atoms with Gasteiger partial charge in [0.25, 0.3) is 0 Å². The van der Waals surface area contributed by atoms with Crippen molar-refractivity contribution >= 4 is 39.9 Å². The summed E-state index contributed by atoms with van der Waals surface area (Å²) in [6, 6.07) is 51.4. The predicted octanol–water partition coefficient (Wildman–Crippen LogP) is 10.8. The molecule has 0 saturated heterocycles. The van der Waals surface area contributed by atoms with Crippen LogP contribution in [0, 0.1) is 20.8 Å². The van der Waals surface area contributed by atoms with Crippen molar-refractivity contribution in [2.24, 2.45) is 0 Å². The highest BCUT2D eigenvalue weighted by molar-refractivity contribution is 6.10. The molecular weight excluding hydrogens is 524 g/mol. The van der Waals surface area contributed by atoms with E-state index in [1.54, 1.807) is 0 Å². The van der Waals surface area contributed by atoms with E-state index in [0.717, 1.165) is 34.1 Å². The van der Waals surface area contributed by atoms with Crippen LogP contribution in [0.1, 0.15) is 32.6 Å². The molecule has 3 heteroatoms. The largest absolute Gasteiger partial charge is 0.310 e. The van der Waals surface area contributed by atoms with E-state index in [9.17, 15) is 4.79 Å². The topological polar surface area (TPSA) is 23.6 Å².